The van der Waals surface area contributed by atoms with Gasteiger partial charge in [-0.25, -0.2) is 4.98 Å². The Labute approximate surface area is 181 Å². The first-order chi connectivity index (χ1) is 14.6. The van der Waals surface area contributed by atoms with Crippen LogP contribution >= 0.6 is 0 Å². The van der Waals surface area contributed by atoms with Gasteiger partial charge in [0.15, 0.2) is 0 Å². The summed E-state index contributed by atoms with van der Waals surface area (Å²) in [6.07, 6.45) is 6.76. The highest BCUT2D eigenvalue weighted by atomic mass is 16.2. The third-order valence-corrected chi connectivity index (χ3v) is 4.66. The number of carbonyl (C=O) groups is 2. The number of pyridine rings is 2. The van der Waals surface area contributed by atoms with E-state index in [1.165, 1.54) is 12.4 Å². The van der Waals surface area contributed by atoms with E-state index in [0.29, 0.717) is 12.2 Å². The van der Waals surface area contributed by atoms with Gasteiger partial charge < -0.3 is 19.6 Å². The Hall–Kier alpha value is -3.42. The minimum atomic E-state index is -0.582. The summed E-state index contributed by atoms with van der Waals surface area (Å²) in [5.41, 5.74) is 1.88. The van der Waals surface area contributed by atoms with Crippen molar-refractivity contribution in [2.45, 2.75) is 53.8 Å². The topological polar surface area (TPSA) is 97.5 Å². The van der Waals surface area contributed by atoms with Crippen LogP contribution in [0.4, 0.5) is 0 Å². The zero-order valence-corrected chi connectivity index (χ0v) is 18.6. The first-order valence-corrected chi connectivity index (χ1v) is 10.4. The summed E-state index contributed by atoms with van der Waals surface area (Å²) in [6.45, 7) is 10.4. The number of rotatable bonds is 7. The van der Waals surface area contributed by atoms with Crippen molar-refractivity contribution in [1.29, 1.82) is 0 Å². The molecule has 164 valence electrons. The molecule has 0 radical (unpaired) electrons. The van der Waals surface area contributed by atoms with Crippen molar-refractivity contribution in [3.8, 4) is 0 Å². The molecule has 3 aromatic heterocycles. The molecule has 3 rings (SSSR count). The van der Waals surface area contributed by atoms with E-state index < -0.39 is 17.2 Å². The van der Waals surface area contributed by atoms with Gasteiger partial charge in [-0.05, 0) is 44.4 Å². The van der Waals surface area contributed by atoms with Crippen molar-refractivity contribution in [3.63, 3.8) is 0 Å². The first kappa shape index (κ1) is 22.3. The van der Waals surface area contributed by atoms with Crippen molar-refractivity contribution >= 4 is 17.5 Å². The number of hydrogen-bond acceptors (Lipinski definition) is 4. The number of imidazole rings is 1. The van der Waals surface area contributed by atoms with E-state index in [-0.39, 0.29) is 29.6 Å². The van der Waals surface area contributed by atoms with Gasteiger partial charge in [-0.15, -0.1) is 0 Å². The normalized spacial score (nSPS) is 11.3. The highest BCUT2D eigenvalue weighted by Crippen LogP contribution is 2.08. The van der Waals surface area contributed by atoms with Crippen LogP contribution in [-0.2, 0) is 13.1 Å². The van der Waals surface area contributed by atoms with Crippen LogP contribution < -0.4 is 16.1 Å². The number of nitrogens with one attached hydrogen (secondary N) is 2. The maximum Gasteiger partial charge on any atom is 0.257 e. The first-order valence-electron chi connectivity index (χ1n) is 10.4. The summed E-state index contributed by atoms with van der Waals surface area (Å²) < 4.78 is 3.60. The third kappa shape index (κ3) is 5.39. The predicted molar refractivity (Wildman–Crippen MR) is 119 cm³/mol. The van der Waals surface area contributed by atoms with Crippen molar-refractivity contribution in [2.24, 2.45) is 5.92 Å². The molecular weight excluding hydrogens is 394 g/mol. The zero-order valence-electron chi connectivity index (χ0n) is 18.6. The van der Waals surface area contributed by atoms with Crippen LogP contribution in [0.25, 0.3) is 5.65 Å². The SMILES string of the molecule is Cc1ccn2cc(CNC(=O)c3cn(CC(C)C)cc(C(=O)NC(C)C)c3=O)nc2c1. The Balaban J connectivity index is 1.87. The number of fused-ring (bicyclic) bond motifs is 1. The molecule has 0 saturated heterocycles. The zero-order chi connectivity index (χ0) is 22.7. The largest absolute Gasteiger partial charge is 0.352 e. The van der Waals surface area contributed by atoms with E-state index in [9.17, 15) is 14.4 Å². The number of aryl methyl sites for hydroxylation is 1. The van der Waals surface area contributed by atoms with Gasteiger partial charge in [0.2, 0.25) is 5.43 Å². The fraction of sp³-hybridized carbons (Fsp3) is 0.391. The van der Waals surface area contributed by atoms with Gasteiger partial charge in [-0.2, -0.15) is 0 Å². The highest BCUT2D eigenvalue weighted by molar-refractivity contribution is 5.99. The maximum absolute atomic E-state index is 12.9. The minimum absolute atomic E-state index is 0.0368. The Morgan fingerprint density at radius 3 is 2.39 bits per heavy atom. The molecule has 0 bridgehead atoms. The van der Waals surface area contributed by atoms with Crippen LogP contribution in [0.3, 0.4) is 0 Å². The van der Waals surface area contributed by atoms with E-state index in [1.807, 2.05) is 63.5 Å². The average Bonchev–Trinajstić information content (AvgIpc) is 3.08. The Morgan fingerprint density at radius 1 is 1.06 bits per heavy atom. The number of amides is 2. The van der Waals surface area contributed by atoms with Crippen LogP contribution in [-0.4, -0.2) is 31.8 Å². The highest BCUT2D eigenvalue weighted by Gasteiger charge is 2.20. The van der Waals surface area contributed by atoms with Gasteiger partial charge in [0.1, 0.15) is 16.8 Å². The second-order valence-electron chi connectivity index (χ2n) is 8.52. The summed E-state index contributed by atoms with van der Waals surface area (Å²) in [7, 11) is 0. The van der Waals surface area contributed by atoms with Crippen LogP contribution in [0.15, 0.2) is 41.7 Å². The standard InChI is InChI=1S/C23H29N5O3/c1-14(2)10-27-12-18(21(29)19(13-27)23(31)25-15(3)4)22(30)24-9-17-11-28-7-6-16(5)8-20(28)26-17/h6-8,11-15H,9-10H2,1-5H3,(H,24,30)(H,25,31). The quantitative estimate of drug-likeness (QED) is 0.610. The lowest BCUT2D eigenvalue weighted by atomic mass is 10.1. The molecule has 0 fully saturated rings. The molecule has 8 heteroatoms. The summed E-state index contributed by atoms with van der Waals surface area (Å²) in [6, 6.07) is 3.80. The van der Waals surface area contributed by atoms with Gasteiger partial charge in [0.05, 0.1) is 12.2 Å². The second kappa shape index (κ2) is 9.16. The van der Waals surface area contributed by atoms with Gasteiger partial charge in [0.25, 0.3) is 11.8 Å². The van der Waals surface area contributed by atoms with Crippen LogP contribution in [0, 0.1) is 12.8 Å². The molecule has 31 heavy (non-hydrogen) atoms. The summed E-state index contributed by atoms with van der Waals surface area (Å²) in [5, 5.41) is 5.49. The fourth-order valence-electron chi connectivity index (χ4n) is 3.31. The molecule has 0 aliphatic carbocycles. The summed E-state index contributed by atoms with van der Waals surface area (Å²) in [4.78, 5) is 42.8. The molecule has 3 heterocycles. The Kier molecular flexibility index (Phi) is 6.58. The van der Waals surface area contributed by atoms with Crippen molar-refractivity contribution in [3.05, 3.63) is 69.5 Å². The lowest BCUT2D eigenvalue weighted by Crippen LogP contribution is -2.37. The molecule has 0 aliphatic heterocycles. The Bertz CT molecular complexity index is 1170. The van der Waals surface area contributed by atoms with E-state index in [2.05, 4.69) is 15.6 Å². The van der Waals surface area contributed by atoms with Gasteiger partial charge in [-0.1, -0.05) is 13.8 Å². The van der Waals surface area contributed by atoms with Crippen LogP contribution in [0.2, 0.25) is 0 Å². The number of aromatic nitrogens is 3. The summed E-state index contributed by atoms with van der Waals surface area (Å²) in [5.74, 6) is -0.737. The lowest BCUT2D eigenvalue weighted by Gasteiger charge is -2.15. The van der Waals surface area contributed by atoms with Gasteiger partial charge in [-0.3, -0.25) is 14.4 Å². The van der Waals surface area contributed by atoms with Crippen molar-refractivity contribution in [2.75, 3.05) is 0 Å². The summed E-state index contributed by atoms with van der Waals surface area (Å²) >= 11 is 0. The molecular formula is C23H29N5O3. The van der Waals surface area contributed by atoms with Crippen molar-refractivity contribution < 1.29 is 9.59 Å². The maximum atomic E-state index is 12.9. The van der Waals surface area contributed by atoms with E-state index in [4.69, 9.17) is 0 Å². The number of hydrogen-bond donors (Lipinski definition) is 2. The smallest absolute Gasteiger partial charge is 0.257 e. The fourth-order valence-corrected chi connectivity index (χ4v) is 3.31. The molecule has 0 aliphatic rings. The molecule has 2 N–H and O–H groups in total. The van der Waals surface area contributed by atoms with E-state index >= 15 is 0 Å². The molecule has 0 atom stereocenters. The van der Waals surface area contributed by atoms with Crippen LogP contribution in [0.1, 0.15) is 59.7 Å². The van der Waals surface area contributed by atoms with Crippen LogP contribution in [0.5, 0.6) is 0 Å². The molecule has 2 amide bonds. The Morgan fingerprint density at radius 2 is 1.74 bits per heavy atom. The van der Waals surface area contributed by atoms with E-state index in [0.717, 1.165) is 11.2 Å². The average molecular weight is 424 g/mol. The van der Waals surface area contributed by atoms with Gasteiger partial charge >= 0.3 is 0 Å². The molecule has 0 aromatic carbocycles. The monoisotopic (exact) mass is 423 g/mol. The number of nitrogens with zero attached hydrogens (tertiary/aromatic N) is 3. The number of carbonyl (C=O) groups excluding carboxylic acids is 2. The minimum Gasteiger partial charge on any atom is -0.352 e. The van der Waals surface area contributed by atoms with Crippen molar-refractivity contribution in [1.82, 2.24) is 24.6 Å². The third-order valence-electron chi connectivity index (χ3n) is 4.66. The molecule has 3 aromatic rings. The lowest BCUT2D eigenvalue weighted by molar-refractivity contribution is 0.0941. The molecule has 0 spiro atoms. The van der Waals surface area contributed by atoms with E-state index in [1.54, 1.807) is 4.57 Å². The van der Waals surface area contributed by atoms with Gasteiger partial charge in [0, 0.05) is 37.4 Å². The predicted octanol–water partition coefficient (Wildman–Crippen LogP) is 2.53. The molecule has 8 nitrogen and oxygen atoms in total. The molecule has 0 saturated carbocycles. The second-order valence-corrected chi connectivity index (χ2v) is 8.52. The molecule has 0 unspecified atom stereocenters.